The predicted octanol–water partition coefficient (Wildman–Crippen LogP) is 1.61. The van der Waals surface area contributed by atoms with E-state index in [4.69, 9.17) is 9.63 Å². The number of aliphatic carboxylic acids is 1. The number of aromatic nitrogens is 3. The largest absolute Gasteiger partial charge is 0.481 e. The van der Waals surface area contributed by atoms with E-state index in [1.807, 2.05) is 12.3 Å². The molecule has 0 radical (unpaired) electrons. The fourth-order valence-corrected chi connectivity index (χ4v) is 2.62. The maximum absolute atomic E-state index is 10.7. The van der Waals surface area contributed by atoms with Gasteiger partial charge in [0.25, 0.3) is 0 Å². The van der Waals surface area contributed by atoms with Gasteiger partial charge in [-0.25, -0.2) is 4.98 Å². The molecule has 3 rings (SSSR count). The SMILES string of the molecule is Cc1csc(Cc2noc(C3CC3C(=O)O)n2)n1. The molecule has 2 aromatic rings. The van der Waals surface area contributed by atoms with Gasteiger partial charge in [0.2, 0.25) is 5.89 Å². The van der Waals surface area contributed by atoms with Gasteiger partial charge in [-0.2, -0.15) is 4.98 Å². The van der Waals surface area contributed by atoms with Crippen LogP contribution in [0.1, 0.15) is 34.8 Å². The highest BCUT2D eigenvalue weighted by molar-refractivity contribution is 7.09. The molecule has 2 atom stereocenters. The van der Waals surface area contributed by atoms with E-state index >= 15 is 0 Å². The Kier molecular flexibility index (Phi) is 2.62. The fraction of sp³-hybridized carbons (Fsp3) is 0.455. The van der Waals surface area contributed by atoms with Gasteiger partial charge in [-0.05, 0) is 13.3 Å². The molecule has 0 amide bonds. The minimum absolute atomic E-state index is 0.109. The quantitative estimate of drug-likeness (QED) is 0.903. The summed E-state index contributed by atoms with van der Waals surface area (Å²) < 4.78 is 5.10. The van der Waals surface area contributed by atoms with E-state index in [1.165, 1.54) is 0 Å². The average Bonchev–Trinajstić information content (AvgIpc) is 2.84. The van der Waals surface area contributed by atoms with Crippen LogP contribution in [0.4, 0.5) is 0 Å². The summed E-state index contributed by atoms with van der Waals surface area (Å²) in [5, 5.41) is 15.6. The van der Waals surface area contributed by atoms with Gasteiger partial charge in [-0.1, -0.05) is 5.16 Å². The molecule has 0 aromatic carbocycles. The summed E-state index contributed by atoms with van der Waals surface area (Å²) in [4.78, 5) is 19.3. The fourth-order valence-electron chi connectivity index (χ4n) is 1.85. The van der Waals surface area contributed by atoms with Gasteiger partial charge in [0.15, 0.2) is 5.82 Å². The third-order valence-corrected chi connectivity index (χ3v) is 3.85. The highest BCUT2D eigenvalue weighted by Crippen LogP contribution is 2.46. The number of carboxylic acid groups (broad SMARTS) is 1. The third kappa shape index (κ3) is 2.13. The average molecular weight is 265 g/mol. The Hall–Kier alpha value is -1.76. The van der Waals surface area contributed by atoms with Crippen LogP contribution in [0.15, 0.2) is 9.90 Å². The summed E-state index contributed by atoms with van der Waals surface area (Å²) >= 11 is 1.56. The number of aryl methyl sites for hydroxylation is 1. The number of hydrogen-bond donors (Lipinski definition) is 1. The molecule has 6 nitrogen and oxygen atoms in total. The minimum atomic E-state index is -0.796. The van der Waals surface area contributed by atoms with Gasteiger partial charge in [0, 0.05) is 11.1 Å². The smallest absolute Gasteiger partial charge is 0.307 e. The second-order valence-corrected chi connectivity index (χ2v) is 5.34. The van der Waals surface area contributed by atoms with Gasteiger partial charge in [0.05, 0.1) is 18.3 Å². The van der Waals surface area contributed by atoms with Gasteiger partial charge in [-0.3, -0.25) is 4.79 Å². The van der Waals surface area contributed by atoms with Gasteiger partial charge >= 0.3 is 5.97 Å². The summed E-state index contributed by atoms with van der Waals surface area (Å²) in [5.74, 6) is -0.265. The van der Waals surface area contributed by atoms with Crippen molar-refractivity contribution >= 4 is 17.3 Å². The number of carbonyl (C=O) groups is 1. The van der Waals surface area contributed by atoms with Crippen molar-refractivity contribution in [2.24, 2.45) is 5.92 Å². The molecule has 1 aliphatic carbocycles. The molecule has 1 aliphatic rings. The van der Waals surface area contributed by atoms with Gasteiger partial charge in [-0.15, -0.1) is 11.3 Å². The molecule has 0 spiro atoms. The van der Waals surface area contributed by atoms with Crippen molar-refractivity contribution in [2.75, 3.05) is 0 Å². The lowest BCUT2D eigenvalue weighted by Crippen LogP contribution is -1.99. The number of rotatable bonds is 4. The maximum Gasteiger partial charge on any atom is 0.307 e. The van der Waals surface area contributed by atoms with E-state index in [1.54, 1.807) is 11.3 Å². The predicted molar refractivity (Wildman–Crippen MR) is 62.4 cm³/mol. The van der Waals surface area contributed by atoms with Crippen LogP contribution in [-0.4, -0.2) is 26.2 Å². The summed E-state index contributed by atoms with van der Waals surface area (Å²) in [6.45, 7) is 1.93. The number of hydrogen-bond acceptors (Lipinski definition) is 6. The van der Waals surface area contributed by atoms with Crippen molar-refractivity contribution in [3.63, 3.8) is 0 Å². The summed E-state index contributed by atoms with van der Waals surface area (Å²) in [5.41, 5.74) is 0.979. The number of thiazole rings is 1. The van der Waals surface area contributed by atoms with E-state index in [0.29, 0.717) is 24.6 Å². The van der Waals surface area contributed by atoms with Crippen LogP contribution in [0.3, 0.4) is 0 Å². The first kappa shape index (κ1) is 11.3. The third-order valence-electron chi connectivity index (χ3n) is 2.88. The van der Waals surface area contributed by atoms with E-state index < -0.39 is 5.97 Å². The van der Waals surface area contributed by atoms with Gasteiger partial charge < -0.3 is 9.63 Å². The first-order valence-electron chi connectivity index (χ1n) is 5.60. The highest BCUT2D eigenvalue weighted by Gasteiger charge is 2.48. The lowest BCUT2D eigenvalue weighted by Gasteiger charge is -1.88. The molecule has 2 aromatic heterocycles. The second-order valence-electron chi connectivity index (χ2n) is 4.40. The first-order valence-corrected chi connectivity index (χ1v) is 6.47. The maximum atomic E-state index is 10.7. The molecule has 0 bridgehead atoms. The van der Waals surface area contributed by atoms with Crippen molar-refractivity contribution < 1.29 is 14.4 Å². The molecule has 1 N–H and O–H groups in total. The summed E-state index contributed by atoms with van der Waals surface area (Å²) in [7, 11) is 0. The molecule has 0 aliphatic heterocycles. The topological polar surface area (TPSA) is 89.1 Å². The molecule has 0 saturated heterocycles. The zero-order chi connectivity index (χ0) is 12.7. The van der Waals surface area contributed by atoms with E-state index in [9.17, 15) is 4.79 Å². The van der Waals surface area contributed by atoms with Crippen molar-refractivity contribution in [1.29, 1.82) is 0 Å². The van der Waals surface area contributed by atoms with Crippen LogP contribution in [-0.2, 0) is 11.2 Å². The standard InChI is InChI=1S/C11H11N3O3S/c1-5-4-18-9(12-5)3-8-13-10(17-14-8)6-2-7(6)11(15)16/h4,6-7H,2-3H2,1H3,(H,15,16). The molecule has 7 heteroatoms. The van der Waals surface area contributed by atoms with Gasteiger partial charge in [0.1, 0.15) is 5.01 Å². The molecular formula is C11H11N3O3S. The number of carboxylic acids is 1. The Bertz CT molecular complexity index is 592. The Morgan fingerprint density at radius 1 is 1.61 bits per heavy atom. The zero-order valence-electron chi connectivity index (χ0n) is 9.66. The Labute approximate surface area is 107 Å². The van der Waals surface area contributed by atoms with E-state index in [2.05, 4.69) is 15.1 Å². The lowest BCUT2D eigenvalue weighted by molar-refractivity contribution is -0.138. The van der Waals surface area contributed by atoms with Crippen LogP contribution in [0, 0.1) is 12.8 Å². The molecule has 2 unspecified atom stereocenters. The van der Waals surface area contributed by atoms with Crippen LogP contribution in [0.5, 0.6) is 0 Å². The Balaban J connectivity index is 1.69. The molecule has 18 heavy (non-hydrogen) atoms. The zero-order valence-corrected chi connectivity index (χ0v) is 10.5. The van der Waals surface area contributed by atoms with E-state index in [-0.39, 0.29) is 11.8 Å². The lowest BCUT2D eigenvalue weighted by atomic mass is 10.3. The number of nitrogens with zero attached hydrogens (tertiary/aromatic N) is 3. The van der Waals surface area contributed by atoms with Crippen LogP contribution >= 0.6 is 11.3 Å². The van der Waals surface area contributed by atoms with Crippen molar-refractivity contribution in [2.45, 2.75) is 25.7 Å². The Morgan fingerprint density at radius 2 is 2.44 bits per heavy atom. The van der Waals surface area contributed by atoms with Crippen LogP contribution in [0.25, 0.3) is 0 Å². The summed E-state index contributed by atoms with van der Waals surface area (Å²) in [6, 6.07) is 0. The van der Waals surface area contributed by atoms with Crippen molar-refractivity contribution in [3.8, 4) is 0 Å². The van der Waals surface area contributed by atoms with Crippen LogP contribution in [0.2, 0.25) is 0 Å². The molecule has 1 fully saturated rings. The monoisotopic (exact) mass is 265 g/mol. The normalized spacial score (nSPS) is 22.1. The first-order chi connectivity index (χ1) is 8.63. The van der Waals surface area contributed by atoms with Crippen LogP contribution < -0.4 is 0 Å². The molecule has 94 valence electrons. The second kappa shape index (κ2) is 4.16. The minimum Gasteiger partial charge on any atom is -0.481 e. The van der Waals surface area contributed by atoms with Crippen molar-refractivity contribution in [1.82, 2.24) is 15.1 Å². The molecular weight excluding hydrogens is 254 g/mol. The molecule has 2 heterocycles. The molecule has 1 saturated carbocycles. The van der Waals surface area contributed by atoms with E-state index in [0.717, 1.165) is 10.7 Å². The summed E-state index contributed by atoms with van der Waals surface area (Å²) in [6.07, 6.45) is 1.12. The Morgan fingerprint density at radius 3 is 3.06 bits per heavy atom. The highest BCUT2D eigenvalue weighted by atomic mass is 32.1. The van der Waals surface area contributed by atoms with Crippen molar-refractivity contribution in [3.05, 3.63) is 27.8 Å².